The van der Waals surface area contributed by atoms with Gasteiger partial charge in [0, 0.05) is 39.0 Å². The molecule has 1 aromatic rings. The van der Waals surface area contributed by atoms with Crippen molar-refractivity contribution in [2.75, 3.05) is 39.3 Å². The minimum Gasteiger partial charge on any atom is -0.357 e. The summed E-state index contributed by atoms with van der Waals surface area (Å²) in [5.74, 6) is 4.18. The molecule has 1 saturated heterocycles. The summed E-state index contributed by atoms with van der Waals surface area (Å²) >= 11 is 0. The molecule has 0 bridgehead atoms. The summed E-state index contributed by atoms with van der Waals surface area (Å²) in [5.41, 5.74) is 0. The van der Waals surface area contributed by atoms with Gasteiger partial charge in [-0.15, -0.1) is 34.2 Å². The number of rotatable bonds is 9. The highest BCUT2D eigenvalue weighted by Gasteiger charge is 2.15. The number of fused-ring (bicyclic) bond motifs is 1. The molecule has 0 unspecified atom stereocenters. The number of halogens is 1. The minimum atomic E-state index is 0. The second-order valence-corrected chi connectivity index (χ2v) is 8.66. The summed E-state index contributed by atoms with van der Waals surface area (Å²) in [6.07, 6.45) is 10.7. The van der Waals surface area contributed by atoms with Gasteiger partial charge in [0.2, 0.25) is 0 Å². The van der Waals surface area contributed by atoms with Crippen molar-refractivity contribution in [1.29, 1.82) is 0 Å². The van der Waals surface area contributed by atoms with E-state index < -0.39 is 0 Å². The molecule has 3 heterocycles. The Labute approximate surface area is 199 Å². The van der Waals surface area contributed by atoms with Crippen molar-refractivity contribution in [3.8, 4) is 0 Å². The number of guanidine groups is 1. The van der Waals surface area contributed by atoms with E-state index in [0.717, 1.165) is 63.1 Å². The van der Waals surface area contributed by atoms with E-state index in [0.29, 0.717) is 0 Å². The molecule has 0 aromatic carbocycles. The lowest BCUT2D eigenvalue weighted by molar-refractivity contribution is 0.191. The zero-order valence-corrected chi connectivity index (χ0v) is 21.4. The monoisotopic (exact) mass is 531 g/mol. The molecule has 0 amide bonds. The predicted octanol–water partition coefficient (Wildman–Crippen LogP) is 3.23. The average Bonchev–Trinajstić information content (AvgIpc) is 2.95. The van der Waals surface area contributed by atoms with Crippen molar-refractivity contribution in [1.82, 2.24) is 30.3 Å². The molecule has 7 nitrogen and oxygen atoms in total. The first-order valence-electron chi connectivity index (χ1n) is 11.9. The molecule has 0 atom stereocenters. The maximum Gasteiger partial charge on any atom is 0.191 e. The number of hydrogen-bond acceptors (Lipinski definition) is 4. The number of aryl methyl sites for hydroxylation is 2. The Morgan fingerprint density at radius 1 is 1.07 bits per heavy atom. The van der Waals surface area contributed by atoms with Gasteiger partial charge in [-0.2, -0.15) is 0 Å². The number of piperidine rings is 1. The van der Waals surface area contributed by atoms with Gasteiger partial charge in [-0.3, -0.25) is 4.99 Å². The zero-order valence-electron chi connectivity index (χ0n) is 19.0. The molecule has 2 aliphatic heterocycles. The lowest BCUT2D eigenvalue weighted by Gasteiger charge is -2.30. The molecule has 2 aliphatic rings. The van der Waals surface area contributed by atoms with E-state index in [1.54, 1.807) is 0 Å². The molecule has 2 N–H and O–H groups in total. The summed E-state index contributed by atoms with van der Waals surface area (Å²) < 4.78 is 2.35. The number of hydrogen-bond donors (Lipinski definition) is 2. The molecule has 30 heavy (non-hydrogen) atoms. The van der Waals surface area contributed by atoms with E-state index in [2.05, 4.69) is 44.1 Å². The fraction of sp³-hybridized carbons (Fsp3) is 0.864. The summed E-state index contributed by atoms with van der Waals surface area (Å²) in [5, 5.41) is 15.7. The summed E-state index contributed by atoms with van der Waals surface area (Å²) in [7, 11) is 0. The predicted molar refractivity (Wildman–Crippen MR) is 135 cm³/mol. The summed E-state index contributed by atoms with van der Waals surface area (Å²) in [6, 6.07) is 0. The second-order valence-electron chi connectivity index (χ2n) is 8.66. The summed E-state index contributed by atoms with van der Waals surface area (Å²) in [4.78, 5) is 7.37. The molecule has 1 fully saturated rings. The first-order valence-corrected chi connectivity index (χ1v) is 11.9. The van der Waals surface area contributed by atoms with Crippen LogP contribution in [0.2, 0.25) is 0 Å². The molecule has 0 aliphatic carbocycles. The average molecular weight is 532 g/mol. The highest BCUT2D eigenvalue weighted by molar-refractivity contribution is 14.0. The summed E-state index contributed by atoms with van der Waals surface area (Å²) in [6.45, 7) is 12.0. The van der Waals surface area contributed by atoms with Gasteiger partial charge in [0.15, 0.2) is 5.96 Å². The van der Waals surface area contributed by atoms with Crippen LogP contribution in [0.25, 0.3) is 0 Å². The Bertz CT molecular complexity index is 623. The molecule has 0 spiro atoms. The molecule has 8 heteroatoms. The van der Waals surface area contributed by atoms with Gasteiger partial charge >= 0.3 is 0 Å². The Morgan fingerprint density at radius 3 is 2.70 bits per heavy atom. The van der Waals surface area contributed by atoms with Gasteiger partial charge in [0.1, 0.15) is 11.6 Å². The maximum absolute atomic E-state index is 4.76. The zero-order chi connectivity index (χ0) is 20.3. The lowest BCUT2D eigenvalue weighted by atomic mass is 9.99. The van der Waals surface area contributed by atoms with Gasteiger partial charge < -0.3 is 20.1 Å². The van der Waals surface area contributed by atoms with Crippen LogP contribution in [-0.4, -0.2) is 64.9 Å². The molecule has 0 radical (unpaired) electrons. The van der Waals surface area contributed by atoms with E-state index in [4.69, 9.17) is 4.99 Å². The Balaban J connectivity index is 0.00000320. The standard InChI is InChI=1S/C22H41N7.HI/c1-3-23-22(25-14-8-15-28-17-11-19(2)12-18-28)24-13-7-10-21-27-26-20-9-5-4-6-16-29(20)21;/h19H,3-18H2,1-2H3,(H2,23,24,25);1H. The molecule has 3 rings (SSSR count). The SMILES string of the molecule is CCNC(=NCCCc1nnc2n1CCCCC2)NCCCN1CCC(C)CC1.I. The van der Waals surface area contributed by atoms with Crippen LogP contribution < -0.4 is 10.6 Å². The van der Waals surface area contributed by atoms with Crippen molar-refractivity contribution >= 4 is 29.9 Å². The van der Waals surface area contributed by atoms with Gasteiger partial charge in [0.25, 0.3) is 0 Å². The van der Waals surface area contributed by atoms with Crippen molar-refractivity contribution < 1.29 is 0 Å². The van der Waals surface area contributed by atoms with E-state index in [1.165, 1.54) is 64.0 Å². The first-order chi connectivity index (χ1) is 14.3. The number of nitrogens with zero attached hydrogens (tertiary/aromatic N) is 5. The van der Waals surface area contributed by atoms with Crippen molar-refractivity contribution in [2.24, 2.45) is 10.9 Å². The topological polar surface area (TPSA) is 70.4 Å². The fourth-order valence-electron chi connectivity index (χ4n) is 4.30. The second kappa shape index (κ2) is 14.2. The Hall–Kier alpha value is -0.900. The third-order valence-corrected chi connectivity index (χ3v) is 6.18. The van der Waals surface area contributed by atoms with Crippen LogP contribution in [0.5, 0.6) is 0 Å². The quantitative estimate of drug-likeness (QED) is 0.222. The van der Waals surface area contributed by atoms with E-state index in [9.17, 15) is 0 Å². The van der Waals surface area contributed by atoms with E-state index in [1.807, 2.05) is 0 Å². The molecule has 1 aromatic heterocycles. The fourth-order valence-corrected chi connectivity index (χ4v) is 4.30. The third-order valence-electron chi connectivity index (χ3n) is 6.18. The number of likely N-dealkylation sites (tertiary alicyclic amines) is 1. The largest absolute Gasteiger partial charge is 0.357 e. The van der Waals surface area contributed by atoms with Gasteiger partial charge in [-0.1, -0.05) is 13.3 Å². The Kier molecular flexibility index (Phi) is 12.0. The third kappa shape index (κ3) is 8.32. The Morgan fingerprint density at radius 2 is 1.90 bits per heavy atom. The van der Waals surface area contributed by atoms with E-state index in [-0.39, 0.29) is 24.0 Å². The van der Waals surface area contributed by atoms with Gasteiger partial charge in [-0.25, -0.2) is 0 Å². The molecule has 0 saturated carbocycles. The van der Waals surface area contributed by atoms with Crippen LogP contribution in [0.1, 0.15) is 70.4 Å². The van der Waals surface area contributed by atoms with Crippen molar-refractivity contribution in [2.45, 2.75) is 78.2 Å². The van der Waals surface area contributed by atoms with Gasteiger partial charge in [-0.05, 0) is 71.0 Å². The molecule has 172 valence electrons. The van der Waals surface area contributed by atoms with Crippen LogP contribution in [0.4, 0.5) is 0 Å². The van der Waals surface area contributed by atoms with Crippen LogP contribution >= 0.6 is 24.0 Å². The highest BCUT2D eigenvalue weighted by Crippen LogP contribution is 2.16. The smallest absolute Gasteiger partial charge is 0.191 e. The van der Waals surface area contributed by atoms with E-state index >= 15 is 0 Å². The number of aliphatic imine (C=N–C) groups is 1. The lowest BCUT2D eigenvalue weighted by Crippen LogP contribution is -2.39. The molecular formula is C22H42IN7. The van der Waals surface area contributed by atoms with Crippen LogP contribution in [0.3, 0.4) is 0 Å². The van der Waals surface area contributed by atoms with Crippen LogP contribution in [0.15, 0.2) is 4.99 Å². The highest BCUT2D eigenvalue weighted by atomic mass is 127. The number of aromatic nitrogens is 3. The van der Waals surface area contributed by atoms with Crippen LogP contribution in [-0.2, 0) is 19.4 Å². The maximum atomic E-state index is 4.76. The molecular weight excluding hydrogens is 489 g/mol. The first kappa shape index (κ1) is 25.4. The number of nitrogens with one attached hydrogen (secondary N) is 2. The van der Waals surface area contributed by atoms with Crippen molar-refractivity contribution in [3.05, 3.63) is 11.6 Å². The van der Waals surface area contributed by atoms with Gasteiger partial charge in [0.05, 0.1) is 0 Å². The minimum absolute atomic E-state index is 0. The van der Waals surface area contributed by atoms with Crippen LogP contribution in [0, 0.1) is 5.92 Å². The van der Waals surface area contributed by atoms with Crippen molar-refractivity contribution in [3.63, 3.8) is 0 Å². The normalized spacial score (nSPS) is 18.4.